The fourth-order valence-electron chi connectivity index (χ4n) is 1.60. The van der Waals surface area contributed by atoms with Crippen molar-refractivity contribution in [2.75, 3.05) is 5.73 Å². The predicted molar refractivity (Wildman–Crippen MR) is 84.1 cm³/mol. The minimum absolute atomic E-state index is 0.0536. The van der Waals surface area contributed by atoms with Crippen molar-refractivity contribution in [3.63, 3.8) is 0 Å². The van der Waals surface area contributed by atoms with Crippen LogP contribution >= 0.6 is 39.1 Å². The number of nitrogen functional groups attached to an aromatic ring is 1. The van der Waals surface area contributed by atoms with Gasteiger partial charge in [-0.25, -0.2) is 9.18 Å². The van der Waals surface area contributed by atoms with Crippen LogP contribution in [0.25, 0.3) is 0 Å². The van der Waals surface area contributed by atoms with Crippen molar-refractivity contribution >= 4 is 50.8 Å². The van der Waals surface area contributed by atoms with Gasteiger partial charge in [0.2, 0.25) is 0 Å². The van der Waals surface area contributed by atoms with Gasteiger partial charge in [0.05, 0.1) is 21.3 Å². The number of rotatable bonds is 3. The van der Waals surface area contributed by atoms with E-state index in [4.69, 9.17) is 33.7 Å². The molecule has 0 aliphatic rings. The van der Waals surface area contributed by atoms with Gasteiger partial charge in [-0.3, -0.25) is 0 Å². The summed E-state index contributed by atoms with van der Waals surface area (Å²) in [4.78, 5) is 12.0. The maximum atomic E-state index is 13.2. The van der Waals surface area contributed by atoms with E-state index in [2.05, 4.69) is 15.9 Å². The number of nitrogens with two attached hydrogens (primary N) is 1. The Hall–Kier alpha value is -1.30. The summed E-state index contributed by atoms with van der Waals surface area (Å²) in [5, 5.41) is 0.696. The van der Waals surface area contributed by atoms with Crippen LogP contribution in [0.3, 0.4) is 0 Å². The number of benzene rings is 2. The zero-order valence-corrected chi connectivity index (χ0v) is 13.6. The van der Waals surface area contributed by atoms with Gasteiger partial charge in [-0.1, -0.05) is 35.3 Å². The highest BCUT2D eigenvalue weighted by Crippen LogP contribution is 2.27. The molecule has 2 rings (SSSR count). The van der Waals surface area contributed by atoms with E-state index >= 15 is 0 Å². The van der Waals surface area contributed by atoms with Crippen LogP contribution in [0.2, 0.25) is 10.0 Å². The minimum Gasteiger partial charge on any atom is -0.457 e. The fraction of sp³-hybridized carbons (Fsp3) is 0.0714. The molecule has 0 aromatic heterocycles. The number of carbonyl (C=O) groups excluding carboxylic acids is 1. The van der Waals surface area contributed by atoms with Crippen molar-refractivity contribution in [1.29, 1.82) is 0 Å². The molecular weight excluding hydrogens is 384 g/mol. The first-order valence-electron chi connectivity index (χ1n) is 5.74. The molecule has 2 N–H and O–H groups in total. The quantitative estimate of drug-likeness (QED) is 0.600. The summed E-state index contributed by atoms with van der Waals surface area (Å²) in [6.07, 6.45) is 0. The maximum Gasteiger partial charge on any atom is 0.339 e. The molecule has 0 bridgehead atoms. The van der Waals surface area contributed by atoms with E-state index in [0.29, 0.717) is 15.6 Å². The molecule has 0 radical (unpaired) electrons. The zero-order valence-electron chi connectivity index (χ0n) is 10.5. The predicted octanol–water partition coefficient (Wildman–Crippen LogP) is 4.83. The van der Waals surface area contributed by atoms with Crippen LogP contribution in [-0.4, -0.2) is 5.97 Å². The van der Waals surface area contributed by atoms with E-state index in [9.17, 15) is 9.18 Å². The standard InChI is InChI=1S/C14H9BrCl2FNO2/c15-9-5-11(18)12(19)4-8(9)14(20)21-6-7-2-1-3-10(16)13(7)17/h1-5H,6,19H2. The highest BCUT2D eigenvalue weighted by atomic mass is 79.9. The third-order valence-corrected chi connectivity index (χ3v) is 4.21. The second-order valence-electron chi connectivity index (χ2n) is 4.14. The lowest BCUT2D eigenvalue weighted by Crippen LogP contribution is -2.08. The molecular formula is C14H9BrCl2FNO2. The molecule has 0 unspecified atom stereocenters. The van der Waals surface area contributed by atoms with Crippen molar-refractivity contribution in [1.82, 2.24) is 0 Å². The fourth-order valence-corrected chi connectivity index (χ4v) is 2.46. The van der Waals surface area contributed by atoms with Gasteiger partial charge in [0.15, 0.2) is 0 Å². The molecule has 21 heavy (non-hydrogen) atoms. The van der Waals surface area contributed by atoms with Gasteiger partial charge in [-0.2, -0.15) is 0 Å². The van der Waals surface area contributed by atoms with Crippen LogP contribution in [-0.2, 0) is 11.3 Å². The van der Waals surface area contributed by atoms with E-state index in [0.717, 1.165) is 6.07 Å². The molecule has 0 aliphatic carbocycles. The Morgan fingerprint density at radius 1 is 1.33 bits per heavy atom. The topological polar surface area (TPSA) is 52.3 Å². The van der Waals surface area contributed by atoms with E-state index in [1.165, 1.54) is 6.07 Å². The largest absolute Gasteiger partial charge is 0.457 e. The normalized spacial score (nSPS) is 10.5. The minimum atomic E-state index is -0.649. The van der Waals surface area contributed by atoms with Gasteiger partial charge in [0.1, 0.15) is 12.4 Å². The molecule has 2 aromatic rings. The summed E-state index contributed by atoms with van der Waals surface area (Å²) in [6.45, 7) is -0.0536. The number of ether oxygens (including phenoxy) is 1. The molecule has 7 heteroatoms. The van der Waals surface area contributed by atoms with Gasteiger partial charge in [-0.05, 0) is 34.1 Å². The number of anilines is 1. The van der Waals surface area contributed by atoms with Crippen LogP contribution in [0, 0.1) is 5.82 Å². The first kappa shape index (κ1) is 16.1. The average Bonchev–Trinajstić information content (AvgIpc) is 2.44. The molecule has 0 spiro atoms. The third kappa shape index (κ3) is 3.67. The second kappa shape index (κ2) is 6.64. The van der Waals surface area contributed by atoms with E-state index in [1.807, 2.05) is 0 Å². The van der Waals surface area contributed by atoms with E-state index in [-0.39, 0.29) is 22.3 Å². The summed E-state index contributed by atoms with van der Waals surface area (Å²) in [7, 11) is 0. The van der Waals surface area contributed by atoms with Crippen molar-refractivity contribution in [2.45, 2.75) is 6.61 Å². The van der Waals surface area contributed by atoms with Gasteiger partial charge in [0, 0.05) is 10.0 Å². The molecule has 0 saturated carbocycles. The van der Waals surface area contributed by atoms with Crippen LogP contribution in [0.1, 0.15) is 15.9 Å². The number of hydrogen-bond acceptors (Lipinski definition) is 3. The van der Waals surface area contributed by atoms with Gasteiger partial charge >= 0.3 is 5.97 Å². The molecule has 0 heterocycles. The molecule has 3 nitrogen and oxygen atoms in total. The van der Waals surface area contributed by atoms with Gasteiger partial charge in [-0.15, -0.1) is 0 Å². The van der Waals surface area contributed by atoms with Gasteiger partial charge < -0.3 is 10.5 Å². The summed E-state index contributed by atoms with van der Waals surface area (Å²) >= 11 is 15.0. The van der Waals surface area contributed by atoms with E-state index < -0.39 is 11.8 Å². The van der Waals surface area contributed by atoms with Crippen LogP contribution in [0.15, 0.2) is 34.8 Å². The Kier molecular flexibility index (Phi) is 5.08. The second-order valence-corrected chi connectivity index (χ2v) is 5.78. The number of halogens is 4. The van der Waals surface area contributed by atoms with Crippen LogP contribution < -0.4 is 5.73 Å². The maximum absolute atomic E-state index is 13.2. The summed E-state index contributed by atoms with van der Waals surface area (Å²) in [5.41, 5.74) is 6.01. The zero-order chi connectivity index (χ0) is 15.6. The van der Waals surface area contributed by atoms with Crippen LogP contribution in [0.4, 0.5) is 10.1 Å². The van der Waals surface area contributed by atoms with Crippen molar-refractivity contribution in [3.05, 3.63) is 61.8 Å². The summed E-state index contributed by atoms with van der Waals surface area (Å²) in [5.74, 6) is -1.26. The highest BCUT2D eigenvalue weighted by molar-refractivity contribution is 9.10. The Morgan fingerprint density at radius 3 is 2.76 bits per heavy atom. The van der Waals surface area contributed by atoms with Crippen molar-refractivity contribution in [2.24, 2.45) is 0 Å². The summed E-state index contributed by atoms with van der Waals surface area (Å²) < 4.78 is 18.6. The molecule has 0 aliphatic heterocycles. The average molecular weight is 393 g/mol. The molecule has 0 saturated heterocycles. The number of hydrogen-bond donors (Lipinski definition) is 1. The van der Waals surface area contributed by atoms with Crippen molar-refractivity contribution < 1.29 is 13.9 Å². The smallest absolute Gasteiger partial charge is 0.339 e. The monoisotopic (exact) mass is 391 g/mol. The molecule has 0 atom stereocenters. The van der Waals surface area contributed by atoms with E-state index in [1.54, 1.807) is 18.2 Å². The molecule has 2 aromatic carbocycles. The SMILES string of the molecule is Nc1cc(C(=O)OCc2cccc(Cl)c2Cl)c(Br)cc1F. The van der Waals surface area contributed by atoms with Crippen LogP contribution in [0.5, 0.6) is 0 Å². The number of carbonyl (C=O) groups is 1. The first-order valence-corrected chi connectivity index (χ1v) is 7.29. The molecule has 0 amide bonds. The van der Waals surface area contributed by atoms with Gasteiger partial charge in [0.25, 0.3) is 0 Å². The number of esters is 1. The summed E-state index contributed by atoms with van der Waals surface area (Å²) in [6, 6.07) is 7.34. The Labute approximate surface area is 138 Å². The Balaban J connectivity index is 2.16. The Bertz CT molecular complexity index is 710. The highest BCUT2D eigenvalue weighted by Gasteiger charge is 2.15. The lowest BCUT2D eigenvalue weighted by atomic mass is 10.2. The Morgan fingerprint density at radius 2 is 2.05 bits per heavy atom. The molecule has 0 fully saturated rings. The lowest BCUT2D eigenvalue weighted by molar-refractivity contribution is 0.0472. The molecule has 110 valence electrons. The lowest BCUT2D eigenvalue weighted by Gasteiger charge is -2.09. The van der Waals surface area contributed by atoms with Crippen molar-refractivity contribution in [3.8, 4) is 0 Å². The third-order valence-electron chi connectivity index (χ3n) is 2.70. The first-order chi connectivity index (χ1) is 9.90.